The van der Waals surface area contributed by atoms with Gasteiger partial charge >= 0.3 is 0 Å². The van der Waals surface area contributed by atoms with Gasteiger partial charge < -0.3 is 15.8 Å². The summed E-state index contributed by atoms with van der Waals surface area (Å²) in [4.78, 5) is 16.1. The first-order valence-corrected chi connectivity index (χ1v) is 7.17. The van der Waals surface area contributed by atoms with Crippen LogP contribution in [0.25, 0.3) is 0 Å². The minimum absolute atomic E-state index is 0.0771. The van der Waals surface area contributed by atoms with Crippen LogP contribution < -0.4 is 11.1 Å². The second-order valence-electron chi connectivity index (χ2n) is 4.53. The van der Waals surface area contributed by atoms with Gasteiger partial charge in [0.1, 0.15) is 4.88 Å². The van der Waals surface area contributed by atoms with Gasteiger partial charge in [0.2, 0.25) is 0 Å². The number of nitrogens with one attached hydrogen (secondary N) is 1. The zero-order valence-electron chi connectivity index (χ0n) is 10.3. The van der Waals surface area contributed by atoms with Crippen LogP contribution in [0, 0.1) is 0 Å². The molecule has 3 N–H and O–H groups in total. The van der Waals surface area contributed by atoms with E-state index in [9.17, 15) is 4.79 Å². The van der Waals surface area contributed by atoms with Crippen molar-refractivity contribution in [3.05, 3.63) is 16.6 Å². The molecule has 0 atom stereocenters. The lowest BCUT2D eigenvalue weighted by Gasteiger charge is -2.26. The molecule has 6 heteroatoms. The van der Waals surface area contributed by atoms with Gasteiger partial charge in [0, 0.05) is 12.6 Å². The second kappa shape index (κ2) is 6.82. The molecular formula is C12H19N3O2S. The Kier molecular flexibility index (Phi) is 5.10. The summed E-state index contributed by atoms with van der Waals surface area (Å²) in [5, 5.41) is 2.82. The lowest BCUT2D eigenvalue weighted by molar-refractivity contribution is 0.0268. The molecule has 1 saturated carbocycles. The molecule has 1 fully saturated rings. The van der Waals surface area contributed by atoms with Gasteiger partial charge in [0.05, 0.1) is 24.4 Å². The molecule has 18 heavy (non-hydrogen) atoms. The largest absolute Gasteiger partial charge is 0.376 e. The van der Waals surface area contributed by atoms with Crippen molar-refractivity contribution in [3.63, 3.8) is 0 Å². The molecule has 0 aliphatic heterocycles. The highest BCUT2D eigenvalue weighted by Crippen LogP contribution is 2.19. The fraction of sp³-hybridized carbons (Fsp3) is 0.667. The molecule has 0 spiro atoms. The summed E-state index contributed by atoms with van der Waals surface area (Å²) in [6.07, 6.45) is 6.03. The molecular weight excluding hydrogens is 250 g/mol. The van der Waals surface area contributed by atoms with Crippen molar-refractivity contribution >= 4 is 17.2 Å². The van der Waals surface area contributed by atoms with Gasteiger partial charge in [-0.15, -0.1) is 11.3 Å². The quantitative estimate of drug-likeness (QED) is 0.786. The summed E-state index contributed by atoms with van der Waals surface area (Å²) in [5.74, 6) is -0.0771. The normalized spacial score (nSPS) is 23.8. The van der Waals surface area contributed by atoms with Crippen LogP contribution in [0.5, 0.6) is 0 Å². The number of nitrogens with two attached hydrogens (primary N) is 1. The van der Waals surface area contributed by atoms with E-state index in [0.717, 1.165) is 25.7 Å². The fourth-order valence-corrected chi connectivity index (χ4v) is 2.60. The number of ether oxygens (including phenoxy) is 1. The lowest BCUT2D eigenvalue weighted by atomic mass is 9.94. The van der Waals surface area contributed by atoms with Gasteiger partial charge in [-0.2, -0.15) is 0 Å². The van der Waals surface area contributed by atoms with Crippen molar-refractivity contribution in [2.24, 2.45) is 5.73 Å². The van der Waals surface area contributed by atoms with Gasteiger partial charge in [-0.1, -0.05) is 0 Å². The van der Waals surface area contributed by atoms with Gasteiger partial charge in [-0.25, -0.2) is 0 Å². The molecule has 0 aromatic carbocycles. The molecule has 1 aliphatic carbocycles. The van der Waals surface area contributed by atoms with Crippen LogP contribution in [0.15, 0.2) is 11.7 Å². The molecule has 1 amide bonds. The number of thiazole rings is 1. The third-order valence-electron chi connectivity index (χ3n) is 3.12. The Morgan fingerprint density at radius 2 is 2.28 bits per heavy atom. The van der Waals surface area contributed by atoms with Crippen LogP contribution in [-0.2, 0) is 4.74 Å². The highest BCUT2D eigenvalue weighted by molar-refractivity contribution is 7.11. The van der Waals surface area contributed by atoms with E-state index in [1.54, 1.807) is 11.7 Å². The minimum Gasteiger partial charge on any atom is -0.376 e. The van der Waals surface area contributed by atoms with Crippen LogP contribution in [0.1, 0.15) is 35.4 Å². The molecule has 100 valence electrons. The van der Waals surface area contributed by atoms with E-state index >= 15 is 0 Å². The van der Waals surface area contributed by atoms with Crippen molar-refractivity contribution in [1.29, 1.82) is 0 Å². The number of aromatic nitrogens is 1. The zero-order chi connectivity index (χ0) is 12.8. The van der Waals surface area contributed by atoms with Crippen LogP contribution in [-0.4, -0.2) is 36.2 Å². The maximum absolute atomic E-state index is 11.6. The first-order chi connectivity index (χ1) is 8.75. The first-order valence-electron chi connectivity index (χ1n) is 6.29. The predicted octanol–water partition coefficient (Wildman–Crippen LogP) is 1.16. The van der Waals surface area contributed by atoms with E-state index < -0.39 is 0 Å². The summed E-state index contributed by atoms with van der Waals surface area (Å²) in [7, 11) is 0. The predicted molar refractivity (Wildman–Crippen MR) is 70.6 cm³/mol. The fourth-order valence-electron chi connectivity index (χ4n) is 2.06. The first kappa shape index (κ1) is 13.5. The van der Waals surface area contributed by atoms with Crippen molar-refractivity contribution < 1.29 is 9.53 Å². The van der Waals surface area contributed by atoms with Crippen LogP contribution in [0.2, 0.25) is 0 Å². The smallest absolute Gasteiger partial charge is 0.263 e. The topological polar surface area (TPSA) is 77.2 Å². The molecule has 0 radical (unpaired) electrons. The Morgan fingerprint density at radius 1 is 1.50 bits per heavy atom. The van der Waals surface area contributed by atoms with Crippen molar-refractivity contribution in [3.8, 4) is 0 Å². The van der Waals surface area contributed by atoms with Crippen molar-refractivity contribution in [2.75, 3.05) is 13.2 Å². The van der Waals surface area contributed by atoms with E-state index in [4.69, 9.17) is 10.5 Å². The number of carbonyl (C=O) groups is 1. The van der Waals surface area contributed by atoms with E-state index in [-0.39, 0.29) is 5.91 Å². The number of hydrogen-bond acceptors (Lipinski definition) is 5. The Hall–Kier alpha value is -0.980. The zero-order valence-corrected chi connectivity index (χ0v) is 11.1. The monoisotopic (exact) mass is 269 g/mol. The summed E-state index contributed by atoms with van der Waals surface area (Å²) in [6.45, 7) is 1.10. The summed E-state index contributed by atoms with van der Waals surface area (Å²) in [6, 6.07) is 0.343. The summed E-state index contributed by atoms with van der Waals surface area (Å²) >= 11 is 1.34. The number of rotatable bonds is 5. The average Bonchev–Trinajstić information content (AvgIpc) is 2.90. The number of carbonyl (C=O) groups excluding carboxylic acids is 1. The van der Waals surface area contributed by atoms with E-state index in [1.807, 2.05) is 0 Å². The maximum atomic E-state index is 11.6. The average molecular weight is 269 g/mol. The van der Waals surface area contributed by atoms with Gasteiger partial charge in [0.25, 0.3) is 5.91 Å². The standard InChI is InChI=1S/C12H19N3O2S/c13-9-1-3-10(4-2-9)17-6-5-15-12(16)11-7-14-8-18-11/h7-10H,1-6,13H2,(H,15,16). The Bertz CT molecular complexity index is 361. The minimum atomic E-state index is -0.0771. The molecule has 0 bridgehead atoms. The lowest BCUT2D eigenvalue weighted by Crippen LogP contribution is -2.32. The van der Waals surface area contributed by atoms with Crippen LogP contribution >= 0.6 is 11.3 Å². The summed E-state index contributed by atoms with van der Waals surface area (Å²) < 4.78 is 5.72. The van der Waals surface area contributed by atoms with Crippen LogP contribution in [0.3, 0.4) is 0 Å². The Labute approximate surface area is 111 Å². The molecule has 0 unspecified atom stereocenters. The Morgan fingerprint density at radius 3 is 2.94 bits per heavy atom. The molecule has 1 aromatic rings. The van der Waals surface area contributed by atoms with Gasteiger partial charge in [0.15, 0.2) is 0 Å². The van der Waals surface area contributed by atoms with Gasteiger partial charge in [-0.05, 0) is 25.7 Å². The van der Waals surface area contributed by atoms with E-state index in [1.165, 1.54) is 11.3 Å². The second-order valence-corrected chi connectivity index (χ2v) is 5.42. The van der Waals surface area contributed by atoms with Crippen molar-refractivity contribution in [2.45, 2.75) is 37.8 Å². The highest BCUT2D eigenvalue weighted by Gasteiger charge is 2.18. The SMILES string of the molecule is NC1CCC(OCCNC(=O)c2cncs2)CC1. The van der Waals surface area contributed by atoms with Crippen LogP contribution in [0.4, 0.5) is 0 Å². The molecule has 0 saturated heterocycles. The third-order valence-corrected chi connectivity index (χ3v) is 3.89. The summed E-state index contributed by atoms with van der Waals surface area (Å²) in [5.41, 5.74) is 7.48. The number of hydrogen-bond donors (Lipinski definition) is 2. The third kappa shape index (κ3) is 4.04. The highest BCUT2D eigenvalue weighted by atomic mass is 32.1. The van der Waals surface area contributed by atoms with E-state index in [0.29, 0.717) is 30.2 Å². The number of amides is 1. The molecule has 5 nitrogen and oxygen atoms in total. The molecule has 2 rings (SSSR count). The molecule has 1 aromatic heterocycles. The molecule has 1 aliphatic rings. The van der Waals surface area contributed by atoms with E-state index in [2.05, 4.69) is 10.3 Å². The van der Waals surface area contributed by atoms with Gasteiger partial charge in [-0.3, -0.25) is 9.78 Å². The number of nitrogens with zero attached hydrogens (tertiary/aromatic N) is 1. The maximum Gasteiger partial charge on any atom is 0.263 e. The van der Waals surface area contributed by atoms with Crippen molar-refractivity contribution in [1.82, 2.24) is 10.3 Å². The Balaban J connectivity index is 1.57. The molecule has 1 heterocycles.